The maximum absolute atomic E-state index is 5.80. The highest BCUT2D eigenvalue weighted by Gasteiger charge is 2.28. The molecule has 1 aliphatic carbocycles. The van der Waals surface area contributed by atoms with Crippen molar-refractivity contribution in [3.8, 4) is 0 Å². The normalized spacial score (nSPS) is 21.0. The minimum Gasteiger partial charge on any atom is -0.368 e. The highest BCUT2D eigenvalue weighted by Crippen LogP contribution is 2.34. The summed E-state index contributed by atoms with van der Waals surface area (Å²) < 4.78 is 1.97. The van der Waals surface area contributed by atoms with E-state index in [0.717, 1.165) is 49.3 Å². The van der Waals surface area contributed by atoms with Gasteiger partial charge in [0.15, 0.2) is 11.3 Å². The molecule has 7 nitrogen and oxygen atoms in total. The zero-order valence-electron chi connectivity index (χ0n) is 13.1. The molecular weight excluding hydrogens is 278 g/mol. The smallest absolute Gasteiger partial charge is 0.222 e. The van der Waals surface area contributed by atoms with Crippen LogP contribution in [0.4, 0.5) is 11.8 Å². The standard InChI is InChI=1S/C15H25N7/c1-2-3-4-18-14-13-12(19-15(17)20-14)9-22(21-13)8-11-5-10(6-11)7-16/h9-11H,2-8,16H2,1H3,(H3,17,18,19,20)/t10-,11+. The summed E-state index contributed by atoms with van der Waals surface area (Å²) in [6, 6.07) is 0. The molecule has 2 aromatic rings. The van der Waals surface area contributed by atoms with E-state index in [1.165, 1.54) is 12.8 Å². The molecule has 0 bridgehead atoms. The summed E-state index contributed by atoms with van der Waals surface area (Å²) in [6.07, 6.45) is 6.59. The lowest BCUT2D eigenvalue weighted by Crippen LogP contribution is -2.32. The van der Waals surface area contributed by atoms with Crippen LogP contribution >= 0.6 is 0 Å². The maximum Gasteiger partial charge on any atom is 0.222 e. The van der Waals surface area contributed by atoms with Crippen molar-refractivity contribution >= 4 is 22.8 Å². The summed E-state index contributed by atoms with van der Waals surface area (Å²) >= 11 is 0. The Hall–Kier alpha value is -1.89. The van der Waals surface area contributed by atoms with Crippen LogP contribution in [0.3, 0.4) is 0 Å². The molecule has 0 saturated heterocycles. The van der Waals surface area contributed by atoms with Gasteiger partial charge < -0.3 is 16.8 Å². The minimum atomic E-state index is 0.290. The molecular formula is C15H25N7. The van der Waals surface area contributed by atoms with Gasteiger partial charge in [-0.3, -0.25) is 4.68 Å². The molecule has 0 aliphatic heterocycles. The maximum atomic E-state index is 5.80. The van der Waals surface area contributed by atoms with Crippen LogP contribution in [-0.4, -0.2) is 32.8 Å². The fourth-order valence-corrected chi connectivity index (χ4v) is 3.06. The van der Waals surface area contributed by atoms with Gasteiger partial charge in [-0.05, 0) is 37.6 Å². The zero-order chi connectivity index (χ0) is 15.5. The second-order valence-electron chi connectivity index (χ2n) is 6.23. The number of nitrogen functional groups attached to an aromatic ring is 1. The third-order valence-electron chi connectivity index (χ3n) is 4.36. The van der Waals surface area contributed by atoms with Gasteiger partial charge in [-0.25, -0.2) is 4.98 Å². The van der Waals surface area contributed by atoms with Crippen molar-refractivity contribution < 1.29 is 0 Å². The van der Waals surface area contributed by atoms with E-state index in [-0.39, 0.29) is 5.95 Å². The van der Waals surface area contributed by atoms with Gasteiger partial charge in [0.05, 0.1) is 6.20 Å². The first-order valence-electron chi connectivity index (χ1n) is 8.14. The average molecular weight is 303 g/mol. The number of hydrogen-bond acceptors (Lipinski definition) is 6. The van der Waals surface area contributed by atoms with E-state index in [1.54, 1.807) is 0 Å². The van der Waals surface area contributed by atoms with Crippen LogP contribution in [0.25, 0.3) is 11.0 Å². The second-order valence-corrected chi connectivity index (χ2v) is 6.23. The molecule has 2 heterocycles. The fourth-order valence-electron chi connectivity index (χ4n) is 3.06. The van der Waals surface area contributed by atoms with E-state index >= 15 is 0 Å². The van der Waals surface area contributed by atoms with Crippen LogP contribution in [0.1, 0.15) is 32.6 Å². The van der Waals surface area contributed by atoms with Gasteiger partial charge in [-0.2, -0.15) is 10.1 Å². The Morgan fingerprint density at radius 3 is 2.86 bits per heavy atom. The lowest BCUT2D eigenvalue weighted by molar-refractivity contribution is 0.172. The van der Waals surface area contributed by atoms with Crippen LogP contribution in [0.15, 0.2) is 6.20 Å². The molecule has 0 atom stereocenters. The number of fused-ring (bicyclic) bond motifs is 1. The molecule has 1 fully saturated rings. The predicted octanol–water partition coefficient (Wildman–Crippen LogP) is 1.61. The Kier molecular flexibility index (Phi) is 4.42. The van der Waals surface area contributed by atoms with E-state index in [4.69, 9.17) is 11.5 Å². The molecule has 1 saturated carbocycles. The third-order valence-corrected chi connectivity index (χ3v) is 4.36. The molecule has 0 aromatic carbocycles. The largest absolute Gasteiger partial charge is 0.368 e. The van der Waals surface area contributed by atoms with Gasteiger partial charge in [0, 0.05) is 13.1 Å². The van der Waals surface area contributed by atoms with Crippen molar-refractivity contribution in [2.75, 3.05) is 24.1 Å². The fraction of sp³-hybridized carbons (Fsp3) is 0.667. The summed E-state index contributed by atoms with van der Waals surface area (Å²) in [7, 11) is 0. The van der Waals surface area contributed by atoms with Gasteiger partial charge in [-0.1, -0.05) is 13.3 Å². The number of aromatic nitrogens is 4. The molecule has 2 aromatic heterocycles. The van der Waals surface area contributed by atoms with Gasteiger partial charge >= 0.3 is 0 Å². The van der Waals surface area contributed by atoms with Crippen LogP contribution in [0, 0.1) is 11.8 Å². The van der Waals surface area contributed by atoms with Gasteiger partial charge in [-0.15, -0.1) is 0 Å². The van der Waals surface area contributed by atoms with Crippen molar-refractivity contribution in [2.24, 2.45) is 17.6 Å². The Morgan fingerprint density at radius 1 is 1.32 bits per heavy atom. The molecule has 1 aliphatic rings. The van der Waals surface area contributed by atoms with E-state index < -0.39 is 0 Å². The molecule has 3 rings (SSSR count). The average Bonchev–Trinajstić information content (AvgIpc) is 2.85. The third kappa shape index (κ3) is 3.14. The monoisotopic (exact) mass is 303 g/mol. The molecule has 0 spiro atoms. The van der Waals surface area contributed by atoms with Gasteiger partial charge in [0.25, 0.3) is 0 Å². The van der Waals surface area contributed by atoms with Crippen molar-refractivity contribution in [1.82, 2.24) is 19.7 Å². The Labute approximate surface area is 130 Å². The summed E-state index contributed by atoms with van der Waals surface area (Å²) in [5.74, 6) is 2.39. The molecule has 0 unspecified atom stereocenters. The molecule has 22 heavy (non-hydrogen) atoms. The summed E-state index contributed by atoms with van der Waals surface area (Å²) in [4.78, 5) is 8.58. The van der Waals surface area contributed by atoms with E-state index in [2.05, 4.69) is 27.3 Å². The van der Waals surface area contributed by atoms with Crippen LogP contribution in [0.2, 0.25) is 0 Å². The highest BCUT2D eigenvalue weighted by molar-refractivity contribution is 5.85. The second kappa shape index (κ2) is 6.48. The first kappa shape index (κ1) is 15.0. The zero-order valence-corrected chi connectivity index (χ0v) is 13.1. The molecule has 120 valence electrons. The van der Waals surface area contributed by atoms with Crippen molar-refractivity contribution in [1.29, 1.82) is 0 Å². The van der Waals surface area contributed by atoms with Crippen LogP contribution in [-0.2, 0) is 6.54 Å². The number of hydrogen-bond donors (Lipinski definition) is 3. The van der Waals surface area contributed by atoms with E-state index in [9.17, 15) is 0 Å². The topological polar surface area (TPSA) is 108 Å². The number of nitrogens with two attached hydrogens (primary N) is 2. The van der Waals surface area contributed by atoms with Crippen molar-refractivity contribution in [3.05, 3.63) is 6.20 Å². The molecule has 0 amide bonds. The highest BCUT2D eigenvalue weighted by atomic mass is 15.3. The predicted molar refractivity (Wildman–Crippen MR) is 88.4 cm³/mol. The molecule has 0 radical (unpaired) electrons. The Morgan fingerprint density at radius 2 is 2.14 bits per heavy atom. The number of nitrogens with zero attached hydrogens (tertiary/aromatic N) is 4. The van der Waals surface area contributed by atoms with Crippen molar-refractivity contribution in [2.45, 2.75) is 39.2 Å². The van der Waals surface area contributed by atoms with Crippen LogP contribution in [0.5, 0.6) is 0 Å². The van der Waals surface area contributed by atoms with Gasteiger partial charge in [0.2, 0.25) is 5.95 Å². The number of unbranched alkanes of at least 4 members (excludes halogenated alkanes) is 1. The Balaban J connectivity index is 1.75. The van der Waals surface area contributed by atoms with E-state index in [0.29, 0.717) is 11.8 Å². The molecule has 7 heteroatoms. The molecule has 5 N–H and O–H groups in total. The lowest BCUT2D eigenvalue weighted by Gasteiger charge is -2.34. The summed E-state index contributed by atoms with van der Waals surface area (Å²) in [5.41, 5.74) is 13.1. The van der Waals surface area contributed by atoms with E-state index in [1.807, 2.05) is 10.9 Å². The first-order valence-corrected chi connectivity index (χ1v) is 8.14. The summed E-state index contributed by atoms with van der Waals surface area (Å²) in [6.45, 7) is 4.75. The number of anilines is 2. The van der Waals surface area contributed by atoms with Crippen molar-refractivity contribution in [3.63, 3.8) is 0 Å². The SMILES string of the molecule is CCCCNc1nc(N)nc2cn(C[C@H]3C[C@@H](CN)C3)nc12. The number of nitrogens with one attached hydrogen (secondary N) is 1. The van der Waals surface area contributed by atoms with Gasteiger partial charge in [0.1, 0.15) is 5.52 Å². The quantitative estimate of drug-likeness (QED) is 0.671. The first-order chi connectivity index (χ1) is 10.7. The summed E-state index contributed by atoms with van der Waals surface area (Å²) in [5, 5.41) is 7.96. The number of rotatable bonds is 7. The Bertz CT molecular complexity index is 630. The lowest BCUT2D eigenvalue weighted by atomic mass is 9.75. The minimum absolute atomic E-state index is 0.290. The van der Waals surface area contributed by atoms with Crippen LogP contribution < -0.4 is 16.8 Å².